The van der Waals surface area contributed by atoms with Gasteiger partial charge in [0.25, 0.3) is 0 Å². The van der Waals surface area contributed by atoms with Crippen molar-refractivity contribution in [3.8, 4) is 11.3 Å². The number of hydrogen-bond donors (Lipinski definition) is 1. The van der Waals surface area contributed by atoms with E-state index < -0.39 is 0 Å². The minimum absolute atomic E-state index is 0.115. The zero-order valence-corrected chi connectivity index (χ0v) is 14.4. The fourth-order valence-electron chi connectivity index (χ4n) is 3.22. The van der Waals surface area contributed by atoms with Gasteiger partial charge in [0.2, 0.25) is 5.89 Å². The standard InChI is InChI=1S/C17H21N7O/c1-12-20-17(25-22-12)15-11-24(7-6-23(15)2)10-14-9-19-21-16(14)13-4-3-5-18-8-13/h3-5,8-9,15H,6-7,10-11H2,1-2H3,(H,19,21)/t15-/m1/s1. The minimum Gasteiger partial charge on any atom is -0.338 e. The number of aromatic nitrogens is 5. The second-order valence-corrected chi connectivity index (χ2v) is 6.42. The first-order chi connectivity index (χ1) is 12.2. The third-order valence-corrected chi connectivity index (χ3v) is 4.62. The Morgan fingerprint density at radius 2 is 2.24 bits per heavy atom. The zero-order chi connectivity index (χ0) is 17.2. The van der Waals surface area contributed by atoms with Crippen molar-refractivity contribution in [2.45, 2.75) is 19.5 Å². The monoisotopic (exact) mass is 339 g/mol. The van der Waals surface area contributed by atoms with Crippen LogP contribution in [0.2, 0.25) is 0 Å². The molecule has 1 aliphatic rings. The van der Waals surface area contributed by atoms with Gasteiger partial charge < -0.3 is 4.52 Å². The molecule has 8 heteroatoms. The second-order valence-electron chi connectivity index (χ2n) is 6.42. The van der Waals surface area contributed by atoms with Crippen LogP contribution in [-0.4, -0.2) is 61.8 Å². The van der Waals surface area contributed by atoms with Crippen LogP contribution in [0.5, 0.6) is 0 Å². The normalized spacial score (nSPS) is 19.4. The zero-order valence-electron chi connectivity index (χ0n) is 14.4. The highest BCUT2D eigenvalue weighted by atomic mass is 16.5. The van der Waals surface area contributed by atoms with E-state index in [2.05, 4.69) is 42.2 Å². The second kappa shape index (κ2) is 6.73. The van der Waals surface area contributed by atoms with Gasteiger partial charge in [0.1, 0.15) is 6.04 Å². The molecule has 1 saturated heterocycles. The van der Waals surface area contributed by atoms with Crippen LogP contribution in [0.3, 0.4) is 0 Å². The summed E-state index contributed by atoms with van der Waals surface area (Å²) < 4.78 is 5.39. The summed E-state index contributed by atoms with van der Waals surface area (Å²) in [5.41, 5.74) is 3.24. The SMILES string of the molecule is Cc1noc([C@H]2CN(Cc3cn[nH]c3-c3cccnc3)CCN2C)n1. The van der Waals surface area contributed by atoms with Gasteiger partial charge in [-0.2, -0.15) is 10.1 Å². The van der Waals surface area contributed by atoms with Crippen LogP contribution in [0.25, 0.3) is 11.3 Å². The molecule has 0 aliphatic carbocycles. The van der Waals surface area contributed by atoms with E-state index in [0.29, 0.717) is 11.7 Å². The van der Waals surface area contributed by atoms with Crippen LogP contribution >= 0.6 is 0 Å². The highest BCUT2D eigenvalue weighted by Gasteiger charge is 2.30. The summed E-state index contributed by atoms with van der Waals surface area (Å²) in [6, 6.07) is 4.09. The molecule has 4 heterocycles. The smallest absolute Gasteiger partial charge is 0.245 e. The molecule has 0 bridgehead atoms. The first kappa shape index (κ1) is 15.9. The van der Waals surface area contributed by atoms with Crippen LogP contribution in [0, 0.1) is 6.92 Å². The predicted molar refractivity (Wildman–Crippen MR) is 91.5 cm³/mol. The number of likely N-dealkylation sites (N-methyl/N-ethyl adjacent to an activating group) is 1. The van der Waals surface area contributed by atoms with E-state index >= 15 is 0 Å². The van der Waals surface area contributed by atoms with Gasteiger partial charge in [-0.25, -0.2) is 0 Å². The van der Waals surface area contributed by atoms with Crippen LogP contribution in [0.4, 0.5) is 0 Å². The van der Waals surface area contributed by atoms with Crippen molar-refractivity contribution in [1.82, 2.24) is 35.1 Å². The average Bonchev–Trinajstić information content (AvgIpc) is 3.26. The molecule has 1 atom stereocenters. The topological polar surface area (TPSA) is 87.0 Å². The van der Waals surface area contributed by atoms with Crippen LogP contribution in [0.15, 0.2) is 35.2 Å². The number of nitrogens with zero attached hydrogens (tertiary/aromatic N) is 6. The maximum Gasteiger partial charge on any atom is 0.245 e. The molecule has 1 aliphatic heterocycles. The highest BCUT2D eigenvalue weighted by molar-refractivity contribution is 5.61. The molecule has 0 radical (unpaired) electrons. The van der Waals surface area contributed by atoms with E-state index in [9.17, 15) is 0 Å². The maximum absolute atomic E-state index is 5.39. The van der Waals surface area contributed by atoms with Gasteiger partial charge in [-0.1, -0.05) is 5.16 Å². The predicted octanol–water partition coefficient (Wildman–Crippen LogP) is 1.65. The average molecular weight is 339 g/mol. The summed E-state index contributed by atoms with van der Waals surface area (Å²) in [5.74, 6) is 1.36. The number of nitrogens with one attached hydrogen (secondary N) is 1. The van der Waals surface area contributed by atoms with Gasteiger partial charge in [0, 0.05) is 49.7 Å². The summed E-state index contributed by atoms with van der Waals surface area (Å²) in [6.07, 6.45) is 5.52. The fourth-order valence-corrected chi connectivity index (χ4v) is 3.22. The number of aryl methyl sites for hydroxylation is 1. The number of pyridine rings is 1. The molecule has 25 heavy (non-hydrogen) atoms. The molecular weight excluding hydrogens is 318 g/mol. The highest BCUT2D eigenvalue weighted by Crippen LogP contribution is 2.26. The Morgan fingerprint density at radius 3 is 3.00 bits per heavy atom. The number of H-pyrrole nitrogens is 1. The summed E-state index contributed by atoms with van der Waals surface area (Å²) >= 11 is 0. The molecule has 1 N–H and O–H groups in total. The molecule has 0 amide bonds. The summed E-state index contributed by atoms with van der Waals surface area (Å²) in [4.78, 5) is 13.3. The van der Waals surface area contributed by atoms with Gasteiger partial charge >= 0.3 is 0 Å². The van der Waals surface area contributed by atoms with E-state index in [-0.39, 0.29) is 6.04 Å². The molecule has 1 fully saturated rings. The Labute approximate surface area is 145 Å². The van der Waals surface area contributed by atoms with Crippen molar-refractivity contribution in [3.05, 3.63) is 48.0 Å². The first-order valence-corrected chi connectivity index (χ1v) is 8.36. The van der Waals surface area contributed by atoms with Crippen LogP contribution < -0.4 is 0 Å². The first-order valence-electron chi connectivity index (χ1n) is 8.36. The molecule has 3 aromatic heterocycles. The third-order valence-electron chi connectivity index (χ3n) is 4.62. The Hall–Kier alpha value is -2.58. The van der Waals surface area contributed by atoms with Gasteiger partial charge in [0.05, 0.1) is 11.9 Å². The molecule has 130 valence electrons. The molecule has 4 rings (SSSR count). The van der Waals surface area contributed by atoms with E-state index in [1.807, 2.05) is 31.5 Å². The fraction of sp³-hybridized carbons (Fsp3) is 0.412. The van der Waals surface area contributed by atoms with Gasteiger partial charge in [-0.05, 0) is 26.1 Å². The Balaban J connectivity index is 1.51. The van der Waals surface area contributed by atoms with E-state index in [4.69, 9.17) is 4.52 Å². The van der Waals surface area contributed by atoms with Gasteiger partial charge in [0.15, 0.2) is 5.82 Å². The Morgan fingerprint density at radius 1 is 1.32 bits per heavy atom. The molecular formula is C17H21N7O. The Bertz CT molecular complexity index is 828. The van der Waals surface area contributed by atoms with Crippen LogP contribution in [-0.2, 0) is 6.54 Å². The quantitative estimate of drug-likeness (QED) is 0.773. The summed E-state index contributed by atoms with van der Waals surface area (Å²) in [7, 11) is 2.10. The van der Waals surface area contributed by atoms with Gasteiger partial charge in [-0.15, -0.1) is 0 Å². The largest absolute Gasteiger partial charge is 0.338 e. The molecule has 0 spiro atoms. The van der Waals surface area contributed by atoms with Crippen molar-refractivity contribution in [2.75, 3.05) is 26.7 Å². The van der Waals surface area contributed by atoms with E-state index in [0.717, 1.165) is 43.0 Å². The van der Waals surface area contributed by atoms with Crippen molar-refractivity contribution in [3.63, 3.8) is 0 Å². The number of aromatic amines is 1. The third kappa shape index (κ3) is 3.31. The molecule has 0 saturated carbocycles. The summed E-state index contributed by atoms with van der Waals surface area (Å²) in [5, 5.41) is 11.3. The van der Waals surface area contributed by atoms with Crippen molar-refractivity contribution < 1.29 is 4.52 Å². The molecule has 8 nitrogen and oxygen atoms in total. The lowest BCUT2D eigenvalue weighted by molar-refractivity contribution is 0.0715. The van der Waals surface area contributed by atoms with E-state index in [1.165, 1.54) is 0 Å². The van der Waals surface area contributed by atoms with Gasteiger partial charge in [-0.3, -0.25) is 19.9 Å². The van der Waals surface area contributed by atoms with Crippen molar-refractivity contribution in [1.29, 1.82) is 0 Å². The maximum atomic E-state index is 5.39. The Kier molecular flexibility index (Phi) is 4.29. The van der Waals surface area contributed by atoms with E-state index in [1.54, 1.807) is 6.20 Å². The lowest BCUT2D eigenvalue weighted by atomic mass is 10.1. The number of hydrogen-bond acceptors (Lipinski definition) is 7. The number of piperazine rings is 1. The molecule has 3 aromatic rings. The number of rotatable bonds is 4. The lowest BCUT2D eigenvalue weighted by Crippen LogP contribution is -2.46. The van der Waals surface area contributed by atoms with Crippen LogP contribution in [0.1, 0.15) is 23.3 Å². The lowest BCUT2D eigenvalue weighted by Gasteiger charge is -2.37. The molecule has 0 aromatic carbocycles. The minimum atomic E-state index is 0.115. The van der Waals surface area contributed by atoms with Crippen molar-refractivity contribution >= 4 is 0 Å². The van der Waals surface area contributed by atoms with Crippen molar-refractivity contribution in [2.24, 2.45) is 0 Å². The molecule has 0 unspecified atom stereocenters. The summed E-state index contributed by atoms with van der Waals surface area (Å²) in [6.45, 7) is 5.44.